The van der Waals surface area contributed by atoms with Crippen molar-refractivity contribution in [3.63, 3.8) is 0 Å². The van der Waals surface area contributed by atoms with E-state index in [1.54, 1.807) is 0 Å². The maximum atomic E-state index is 9.27. The van der Waals surface area contributed by atoms with Crippen molar-refractivity contribution in [2.24, 2.45) is 0 Å². The van der Waals surface area contributed by atoms with Crippen LogP contribution in [0.15, 0.2) is 65.9 Å². The summed E-state index contributed by atoms with van der Waals surface area (Å²) in [6, 6.07) is 12.7. The Morgan fingerprint density at radius 3 is 2.77 bits per heavy atom. The van der Waals surface area contributed by atoms with Crippen LogP contribution in [0, 0.1) is 11.3 Å². The van der Waals surface area contributed by atoms with Gasteiger partial charge in [-0.3, -0.25) is 0 Å². The molecule has 2 aliphatic rings. The highest BCUT2D eigenvalue weighted by Crippen LogP contribution is 2.40. The van der Waals surface area contributed by atoms with Crippen molar-refractivity contribution >= 4 is 18.6 Å². The molecule has 1 aromatic rings. The van der Waals surface area contributed by atoms with E-state index in [9.17, 15) is 5.26 Å². The molecule has 1 heterocycles. The van der Waals surface area contributed by atoms with Crippen LogP contribution in [-0.2, 0) is 0 Å². The molecule has 3 heteroatoms. The molecular weight excluding hydrogens is 287 g/mol. The van der Waals surface area contributed by atoms with Crippen LogP contribution >= 0.6 is 7.55 Å². The fourth-order valence-corrected chi connectivity index (χ4v) is 5.28. The second kappa shape index (κ2) is 6.77. The van der Waals surface area contributed by atoms with Gasteiger partial charge in [0.2, 0.25) is 0 Å². The lowest BCUT2D eigenvalue weighted by Gasteiger charge is -2.20. The lowest BCUT2D eigenvalue weighted by molar-refractivity contribution is 0.477. The molecule has 2 nitrogen and oxygen atoms in total. The van der Waals surface area contributed by atoms with E-state index in [1.165, 1.54) is 23.0 Å². The Balaban J connectivity index is 2.07. The average Bonchev–Trinajstić information content (AvgIpc) is 2.99. The molecule has 1 aliphatic heterocycles. The van der Waals surface area contributed by atoms with Gasteiger partial charge in [0, 0.05) is 24.9 Å². The van der Waals surface area contributed by atoms with Crippen LogP contribution in [0.25, 0.3) is 0 Å². The quantitative estimate of drug-likeness (QED) is 0.781. The highest BCUT2D eigenvalue weighted by Gasteiger charge is 2.32. The fraction of sp³-hybridized carbons (Fsp3) is 0.263. The molecule has 110 valence electrons. The molecule has 1 aliphatic carbocycles. The highest BCUT2D eigenvalue weighted by molar-refractivity contribution is 7.66. The zero-order chi connectivity index (χ0) is 15.4. The zero-order valence-electron chi connectivity index (χ0n) is 12.8. The number of allylic oxidation sites excluding steroid dienone is 6. The first-order valence-electron chi connectivity index (χ1n) is 7.66. The predicted molar refractivity (Wildman–Crippen MR) is 95.6 cm³/mol. The number of nitrogens with zero attached hydrogens (tertiary/aromatic N) is 2. The summed E-state index contributed by atoms with van der Waals surface area (Å²) < 4.78 is 0. The lowest BCUT2D eigenvalue weighted by atomic mass is 10.0. The van der Waals surface area contributed by atoms with Gasteiger partial charge in [0.15, 0.2) is 19.0 Å². The monoisotopic (exact) mass is 307 g/mol. The number of rotatable bonds is 2. The van der Waals surface area contributed by atoms with Gasteiger partial charge >= 0.3 is 0 Å². The van der Waals surface area contributed by atoms with Gasteiger partial charge in [-0.15, -0.1) is 0 Å². The zero-order valence-corrected chi connectivity index (χ0v) is 13.7. The lowest BCUT2D eigenvalue weighted by Crippen LogP contribution is -2.19. The third-order valence-corrected chi connectivity index (χ3v) is 6.59. The van der Waals surface area contributed by atoms with E-state index >= 15 is 0 Å². The number of benzene rings is 1. The molecule has 0 aromatic heterocycles. The molecule has 0 N–H and O–H groups in total. The first-order valence-corrected chi connectivity index (χ1v) is 9.14. The van der Waals surface area contributed by atoms with Crippen LogP contribution in [0.5, 0.6) is 0 Å². The summed E-state index contributed by atoms with van der Waals surface area (Å²) in [6.45, 7) is 1.13. The molecule has 0 bridgehead atoms. The minimum absolute atomic E-state index is 0.303. The van der Waals surface area contributed by atoms with Crippen LogP contribution < -0.4 is 5.30 Å². The molecule has 0 saturated carbocycles. The predicted octanol–water partition coefficient (Wildman–Crippen LogP) is 3.59. The van der Waals surface area contributed by atoms with E-state index in [4.69, 9.17) is 0 Å². The van der Waals surface area contributed by atoms with E-state index in [-0.39, 0.29) is 0 Å². The minimum Gasteiger partial charge on any atom is -0.378 e. The normalized spacial score (nSPS) is 24.6. The number of likely N-dealkylation sites (tertiary alicyclic amines) is 1. The minimum atomic E-state index is -0.657. The molecule has 0 spiro atoms. The molecule has 22 heavy (non-hydrogen) atoms. The van der Waals surface area contributed by atoms with Crippen LogP contribution in [0.2, 0.25) is 0 Å². The van der Waals surface area contributed by atoms with E-state index in [0.29, 0.717) is 5.66 Å². The maximum absolute atomic E-state index is 9.27. The van der Waals surface area contributed by atoms with Gasteiger partial charge in [0.25, 0.3) is 0 Å². The topological polar surface area (TPSA) is 27.0 Å². The summed E-state index contributed by atoms with van der Waals surface area (Å²) in [5, 5.41) is 10.5. The van der Waals surface area contributed by atoms with Gasteiger partial charge in [-0.05, 0) is 31.1 Å². The van der Waals surface area contributed by atoms with Crippen molar-refractivity contribution in [3.05, 3.63) is 65.9 Å². The Morgan fingerprint density at radius 2 is 2.09 bits per heavy atom. The van der Waals surface area contributed by atoms with Crippen LogP contribution in [0.4, 0.5) is 0 Å². The van der Waals surface area contributed by atoms with Crippen LogP contribution in [0.1, 0.15) is 12.8 Å². The SMILES string of the molecule is CN1CCCC1=C1C=CC=CC1[P+](=CC#N)c1ccccc1. The summed E-state index contributed by atoms with van der Waals surface area (Å²) in [5.74, 6) is 1.84. The Bertz CT molecular complexity index is 705. The highest BCUT2D eigenvalue weighted by atomic mass is 31.1. The summed E-state index contributed by atoms with van der Waals surface area (Å²) in [5.41, 5.74) is 3.14. The standard InChI is InChI=1S/C19H20N2P/c1-21-14-7-11-18(21)17-10-5-6-12-19(17)22(15-13-20)16-8-3-2-4-9-16/h2-6,8-10,12,15,19H,7,11,14H2,1H3/q+1. The number of hydrogen-bond acceptors (Lipinski definition) is 2. The Labute approximate surface area is 133 Å². The van der Waals surface area contributed by atoms with Gasteiger partial charge in [-0.25, -0.2) is 0 Å². The summed E-state index contributed by atoms with van der Waals surface area (Å²) in [6.07, 6.45) is 11.1. The molecular formula is C19H20N2P+. The molecule has 0 amide bonds. The van der Waals surface area contributed by atoms with Gasteiger partial charge < -0.3 is 4.90 Å². The molecule has 2 unspecified atom stereocenters. The van der Waals surface area contributed by atoms with Crippen molar-refractivity contribution in [1.82, 2.24) is 4.90 Å². The van der Waals surface area contributed by atoms with Gasteiger partial charge in [-0.1, -0.05) is 36.4 Å². The molecule has 3 rings (SSSR count). The fourth-order valence-electron chi connectivity index (χ4n) is 3.19. The average molecular weight is 307 g/mol. The molecule has 1 aromatic carbocycles. The number of hydrogen-bond donors (Lipinski definition) is 0. The van der Waals surface area contributed by atoms with E-state index in [1.807, 2.05) is 11.9 Å². The van der Waals surface area contributed by atoms with Crippen LogP contribution in [-0.4, -0.2) is 29.9 Å². The van der Waals surface area contributed by atoms with E-state index in [2.05, 4.69) is 66.6 Å². The Kier molecular flexibility index (Phi) is 4.56. The smallest absolute Gasteiger partial charge is 0.190 e. The largest absolute Gasteiger partial charge is 0.378 e. The third kappa shape index (κ3) is 2.91. The molecule has 1 fully saturated rings. The first-order chi connectivity index (χ1) is 10.8. The Hall–Kier alpha value is -2.10. The second-order valence-electron chi connectivity index (χ2n) is 5.62. The van der Waals surface area contributed by atoms with Crippen molar-refractivity contribution in [3.8, 4) is 6.07 Å². The summed E-state index contributed by atoms with van der Waals surface area (Å²) in [7, 11) is 1.52. The van der Waals surface area contributed by atoms with Gasteiger partial charge in [0.1, 0.15) is 11.4 Å². The van der Waals surface area contributed by atoms with Gasteiger partial charge in [0.05, 0.1) is 0 Å². The van der Waals surface area contributed by atoms with Gasteiger partial charge in [-0.2, -0.15) is 5.26 Å². The van der Waals surface area contributed by atoms with Crippen molar-refractivity contribution < 1.29 is 0 Å². The molecule has 2 atom stereocenters. The van der Waals surface area contributed by atoms with Crippen molar-refractivity contribution in [2.45, 2.75) is 18.5 Å². The Morgan fingerprint density at radius 1 is 1.27 bits per heavy atom. The first kappa shape index (κ1) is 14.8. The molecule has 1 saturated heterocycles. The number of nitriles is 1. The summed E-state index contributed by atoms with van der Waals surface area (Å²) in [4.78, 5) is 2.37. The van der Waals surface area contributed by atoms with Crippen LogP contribution in [0.3, 0.4) is 0 Å². The summed E-state index contributed by atoms with van der Waals surface area (Å²) >= 11 is 0. The van der Waals surface area contributed by atoms with Crippen molar-refractivity contribution in [2.75, 3.05) is 13.6 Å². The van der Waals surface area contributed by atoms with E-state index < -0.39 is 7.55 Å². The van der Waals surface area contributed by atoms with E-state index in [0.717, 1.165) is 13.0 Å². The third-order valence-electron chi connectivity index (χ3n) is 4.25. The van der Waals surface area contributed by atoms with Crippen molar-refractivity contribution in [1.29, 1.82) is 5.26 Å². The maximum Gasteiger partial charge on any atom is 0.190 e. The molecule has 0 radical (unpaired) electrons. The second-order valence-corrected chi connectivity index (χ2v) is 7.76.